The van der Waals surface area contributed by atoms with Crippen molar-refractivity contribution < 1.29 is 8.42 Å². The summed E-state index contributed by atoms with van der Waals surface area (Å²) < 4.78 is 25.3. The van der Waals surface area contributed by atoms with Crippen molar-refractivity contribution in [1.29, 1.82) is 0 Å². The Balaban J connectivity index is 2.40. The van der Waals surface area contributed by atoms with Crippen molar-refractivity contribution in [2.24, 2.45) is 0 Å². The highest BCUT2D eigenvalue weighted by Crippen LogP contribution is 2.26. The molecule has 2 N–H and O–H groups in total. The van der Waals surface area contributed by atoms with Crippen LogP contribution in [-0.4, -0.2) is 13.4 Å². The molecule has 1 aromatic heterocycles. The van der Waals surface area contributed by atoms with E-state index in [9.17, 15) is 8.42 Å². The fourth-order valence-corrected chi connectivity index (χ4v) is 3.74. The average molecular weight is 362 g/mol. The van der Waals surface area contributed by atoms with Crippen molar-refractivity contribution in [3.63, 3.8) is 0 Å². The Bertz CT molecular complexity index is 719. The molecule has 0 fully saturated rings. The van der Waals surface area contributed by atoms with Gasteiger partial charge in [0.1, 0.15) is 0 Å². The summed E-state index contributed by atoms with van der Waals surface area (Å²) in [5.74, 6) is -0.177. The van der Waals surface area contributed by atoms with Gasteiger partial charge in [-0.3, -0.25) is 4.98 Å². The average Bonchev–Trinajstić information content (AvgIpc) is 2.31. The molecule has 0 bridgehead atoms. The Hall–Kier alpha value is -1.11. The topological polar surface area (TPSA) is 73.1 Å². The van der Waals surface area contributed by atoms with E-state index in [2.05, 4.69) is 20.9 Å². The molecule has 2 aromatic rings. The number of pyridine rings is 1. The van der Waals surface area contributed by atoms with Gasteiger partial charge in [-0.25, -0.2) is 8.42 Å². The molecule has 0 radical (unpaired) electrons. The van der Waals surface area contributed by atoms with E-state index in [-0.39, 0.29) is 16.3 Å². The Morgan fingerprint density at radius 1 is 1.26 bits per heavy atom. The van der Waals surface area contributed by atoms with E-state index in [4.69, 9.17) is 17.3 Å². The Morgan fingerprint density at radius 2 is 2.00 bits per heavy atom. The van der Waals surface area contributed by atoms with Gasteiger partial charge in [0.05, 0.1) is 16.3 Å². The van der Waals surface area contributed by atoms with Crippen molar-refractivity contribution in [3.05, 3.63) is 51.7 Å². The third kappa shape index (κ3) is 3.46. The Morgan fingerprint density at radius 3 is 2.68 bits per heavy atom. The number of benzene rings is 1. The minimum Gasteiger partial charge on any atom is -0.398 e. The standard InChI is InChI=1S/C12H10BrClN2O2S/c13-9-3-8(5-16-6-9)7-19(17,18)12-4-10(14)1-2-11(12)15/h1-6H,7,15H2. The molecule has 1 heterocycles. The summed E-state index contributed by atoms with van der Waals surface area (Å²) in [6.45, 7) is 0. The second-order valence-electron chi connectivity index (χ2n) is 3.95. The molecule has 0 aliphatic carbocycles. The third-order valence-corrected chi connectivity index (χ3v) is 4.83. The lowest BCUT2D eigenvalue weighted by Crippen LogP contribution is -2.08. The second-order valence-corrected chi connectivity index (χ2v) is 7.26. The molecule has 7 heteroatoms. The molecule has 1 aromatic carbocycles. The molecule has 0 atom stereocenters. The largest absolute Gasteiger partial charge is 0.398 e. The molecule has 0 aliphatic heterocycles. The maximum Gasteiger partial charge on any atom is 0.184 e. The predicted octanol–water partition coefficient (Wildman–Crippen LogP) is 3.05. The van der Waals surface area contributed by atoms with Gasteiger partial charge in [0.15, 0.2) is 9.84 Å². The molecular formula is C12H10BrClN2O2S. The monoisotopic (exact) mass is 360 g/mol. The predicted molar refractivity (Wildman–Crippen MR) is 78.7 cm³/mol. The molecule has 0 unspecified atom stereocenters. The highest BCUT2D eigenvalue weighted by atomic mass is 79.9. The number of nitrogens with zero attached hydrogens (tertiary/aromatic N) is 1. The van der Waals surface area contributed by atoms with E-state index in [1.54, 1.807) is 18.3 Å². The van der Waals surface area contributed by atoms with Gasteiger partial charge in [0.2, 0.25) is 0 Å². The lowest BCUT2D eigenvalue weighted by atomic mass is 10.3. The van der Waals surface area contributed by atoms with Gasteiger partial charge in [0, 0.05) is 21.9 Å². The zero-order chi connectivity index (χ0) is 14.0. The highest BCUT2D eigenvalue weighted by Gasteiger charge is 2.19. The normalized spacial score (nSPS) is 11.5. The van der Waals surface area contributed by atoms with Crippen molar-refractivity contribution >= 4 is 43.1 Å². The van der Waals surface area contributed by atoms with Crippen LogP contribution >= 0.6 is 27.5 Å². The SMILES string of the molecule is Nc1ccc(Cl)cc1S(=O)(=O)Cc1cncc(Br)c1. The fraction of sp³-hybridized carbons (Fsp3) is 0.0833. The van der Waals surface area contributed by atoms with E-state index in [0.717, 1.165) is 4.47 Å². The van der Waals surface area contributed by atoms with Crippen molar-refractivity contribution in [3.8, 4) is 0 Å². The minimum absolute atomic E-state index is 0.0416. The second kappa shape index (κ2) is 5.48. The number of sulfone groups is 1. The number of aromatic nitrogens is 1. The Labute approximate surface area is 124 Å². The molecule has 19 heavy (non-hydrogen) atoms. The number of anilines is 1. The summed E-state index contributed by atoms with van der Waals surface area (Å²) in [4.78, 5) is 3.98. The number of nitrogens with two attached hydrogens (primary N) is 1. The maximum atomic E-state index is 12.3. The molecule has 0 amide bonds. The quantitative estimate of drug-likeness (QED) is 0.853. The summed E-state index contributed by atoms with van der Waals surface area (Å²) in [7, 11) is -3.55. The third-order valence-electron chi connectivity index (χ3n) is 2.43. The minimum atomic E-state index is -3.55. The van der Waals surface area contributed by atoms with Gasteiger partial charge in [0.25, 0.3) is 0 Å². The summed E-state index contributed by atoms with van der Waals surface area (Å²) in [6.07, 6.45) is 3.09. The molecular weight excluding hydrogens is 352 g/mol. The van der Waals surface area contributed by atoms with Crippen LogP contribution in [0.15, 0.2) is 46.0 Å². The van der Waals surface area contributed by atoms with E-state index in [1.165, 1.54) is 18.3 Å². The van der Waals surface area contributed by atoms with Gasteiger partial charge in [-0.1, -0.05) is 11.6 Å². The van der Waals surface area contributed by atoms with E-state index < -0.39 is 9.84 Å². The smallest absolute Gasteiger partial charge is 0.184 e. The molecule has 2 rings (SSSR count). The van der Waals surface area contributed by atoms with Gasteiger partial charge in [-0.15, -0.1) is 0 Å². The lowest BCUT2D eigenvalue weighted by Gasteiger charge is -2.08. The van der Waals surface area contributed by atoms with Crippen molar-refractivity contribution in [2.45, 2.75) is 10.6 Å². The summed E-state index contributed by atoms with van der Waals surface area (Å²) in [5.41, 5.74) is 6.46. The first-order valence-corrected chi connectivity index (χ1v) is 8.08. The van der Waals surface area contributed by atoms with E-state index in [0.29, 0.717) is 10.6 Å². The van der Waals surface area contributed by atoms with E-state index >= 15 is 0 Å². The molecule has 4 nitrogen and oxygen atoms in total. The van der Waals surface area contributed by atoms with Crippen LogP contribution < -0.4 is 5.73 Å². The van der Waals surface area contributed by atoms with Crippen LogP contribution in [0.2, 0.25) is 5.02 Å². The highest BCUT2D eigenvalue weighted by molar-refractivity contribution is 9.10. The van der Waals surface area contributed by atoms with Crippen molar-refractivity contribution in [1.82, 2.24) is 4.98 Å². The van der Waals surface area contributed by atoms with Crippen LogP contribution in [0, 0.1) is 0 Å². The van der Waals surface area contributed by atoms with Crippen LogP contribution in [0.4, 0.5) is 5.69 Å². The first-order chi connectivity index (χ1) is 8.88. The number of rotatable bonds is 3. The van der Waals surface area contributed by atoms with Gasteiger partial charge < -0.3 is 5.73 Å². The van der Waals surface area contributed by atoms with Crippen LogP contribution in [0.25, 0.3) is 0 Å². The summed E-state index contributed by atoms with van der Waals surface area (Å²) in [6, 6.07) is 6.09. The van der Waals surface area contributed by atoms with Gasteiger partial charge in [-0.2, -0.15) is 0 Å². The number of hydrogen-bond acceptors (Lipinski definition) is 4. The summed E-state index contributed by atoms with van der Waals surface area (Å²) in [5, 5.41) is 0.333. The van der Waals surface area contributed by atoms with E-state index in [1.807, 2.05) is 0 Å². The van der Waals surface area contributed by atoms with Crippen LogP contribution in [0.3, 0.4) is 0 Å². The molecule has 0 aliphatic rings. The molecule has 0 saturated carbocycles. The first-order valence-electron chi connectivity index (χ1n) is 5.26. The number of hydrogen-bond donors (Lipinski definition) is 1. The molecule has 100 valence electrons. The molecule has 0 saturated heterocycles. The lowest BCUT2D eigenvalue weighted by molar-refractivity contribution is 0.595. The van der Waals surface area contributed by atoms with Crippen LogP contribution in [0.5, 0.6) is 0 Å². The van der Waals surface area contributed by atoms with Gasteiger partial charge in [-0.05, 0) is 45.8 Å². The Kier molecular flexibility index (Phi) is 4.13. The maximum absolute atomic E-state index is 12.3. The first kappa shape index (κ1) is 14.3. The van der Waals surface area contributed by atoms with Crippen LogP contribution in [0.1, 0.15) is 5.56 Å². The number of nitrogen functional groups attached to an aromatic ring is 1. The van der Waals surface area contributed by atoms with Crippen LogP contribution in [-0.2, 0) is 15.6 Å². The summed E-state index contributed by atoms with van der Waals surface area (Å²) >= 11 is 9.06. The molecule has 0 spiro atoms. The van der Waals surface area contributed by atoms with Crippen molar-refractivity contribution in [2.75, 3.05) is 5.73 Å². The zero-order valence-electron chi connectivity index (χ0n) is 9.68. The zero-order valence-corrected chi connectivity index (χ0v) is 12.8. The van der Waals surface area contributed by atoms with Gasteiger partial charge >= 0.3 is 0 Å². The fourth-order valence-electron chi connectivity index (χ4n) is 1.61. The number of halogens is 2.